The van der Waals surface area contributed by atoms with Crippen molar-refractivity contribution in [2.24, 2.45) is 11.8 Å². The molecule has 1 fully saturated rings. The van der Waals surface area contributed by atoms with Crippen molar-refractivity contribution in [3.63, 3.8) is 0 Å². The van der Waals surface area contributed by atoms with Crippen LogP contribution in [0, 0.1) is 18.8 Å². The van der Waals surface area contributed by atoms with Crippen molar-refractivity contribution in [2.75, 3.05) is 11.9 Å². The van der Waals surface area contributed by atoms with Crippen LogP contribution in [0.4, 0.5) is 5.82 Å². The third-order valence-corrected chi connectivity index (χ3v) is 4.79. The lowest BCUT2D eigenvalue weighted by Gasteiger charge is -2.27. The summed E-state index contributed by atoms with van der Waals surface area (Å²) in [6, 6.07) is 3.54. The highest BCUT2D eigenvalue weighted by Gasteiger charge is 2.19. The van der Waals surface area contributed by atoms with Gasteiger partial charge in [0.2, 0.25) is 5.95 Å². The Morgan fingerprint density at radius 2 is 2.21 bits per heavy atom. The van der Waals surface area contributed by atoms with Crippen molar-refractivity contribution in [1.82, 2.24) is 19.7 Å². The topological polar surface area (TPSA) is 75.6 Å². The molecule has 1 aliphatic carbocycles. The molecule has 2 unspecified atom stereocenters. The molecule has 0 bridgehead atoms. The third-order valence-electron chi connectivity index (χ3n) is 4.79. The molecule has 2 heterocycles. The predicted octanol–water partition coefficient (Wildman–Crippen LogP) is 3.06. The van der Waals surface area contributed by atoms with Gasteiger partial charge < -0.3 is 5.32 Å². The first-order valence-corrected chi connectivity index (χ1v) is 8.96. The molecule has 6 nitrogen and oxygen atoms in total. The normalized spacial score (nSPS) is 21.0. The minimum absolute atomic E-state index is 0.142. The molecule has 0 aliphatic heterocycles. The van der Waals surface area contributed by atoms with Crippen molar-refractivity contribution >= 4 is 5.82 Å². The van der Waals surface area contributed by atoms with Gasteiger partial charge >= 0.3 is 0 Å². The first-order chi connectivity index (χ1) is 11.5. The summed E-state index contributed by atoms with van der Waals surface area (Å²) < 4.78 is 1.71. The third kappa shape index (κ3) is 3.86. The number of hydrogen-bond donors (Lipinski definition) is 2. The summed E-state index contributed by atoms with van der Waals surface area (Å²) in [7, 11) is 0. The summed E-state index contributed by atoms with van der Waals surface area (Å²) in [5.41, 5.74) is 1.53. The Morgan fingerprint density at radius 1 is 1.38 bits per heavy atom. The lowest BCUT2D eigenvalue weighted by Crippen LogP contribution is -2.22. The second-order valence-electron chi connectivity index (χ2n) is 7.02. The Morgan fingerprint density at radius 3 is 2.96 bits per heavy atom. The van der Waals surface area contributed by atoms with Crippen LogP contribution in [-0.2, 0) is 6.42 Å². The van der Waals surface area contributed by atoms with Crippen LogP contribution >= 0.6 is 0 Å². The van der Waals surface area contributed by atoms with E-state index in [-0.39, 0.29) is 5.56 Å². The molecule has 130 valence electrons. The largest absolute Gasteiger partial charge is 0.370 e. The van der Waals surface area contributed by atoms with Crippen molar-refractivity contribution < 1.29 is 0 Å². The van der Waals surface area contributed by atoms with E-state index in [1.165, 1.54) is 31.7 Å². The van der Waals surface area contributed by atoms with Gasteiger partial charge in [-0.05, 0) is 38.0 Å². The zero-order valence-corrected chi connectivity index (χ0v) is 14.8. The minimum atomic E-state index is -0.142. The van der Waals surface area contributed by atoms with Crippen molar-refractivity contribution in [2.45, 2.75) is 52.9 Å². The molecule has 24 heavy (non-hydrogen) atoms. The van der Waals surface area contributed by atoms with E-state index in [0.717, 1.165) is 36.1 Å². The summed E-state index contributed by atoms with van der Waals surface area (Å²) in [6.07, 6.45) is 5.95. The van der Waals surface area contributed by atoms with Crippen molar-refractivity contribution in [1.29, 1.82) is 0 Å². The molecule has 0 amide bonds. The maximum atomic E-state index is 11.8. The summed E-state index contributed by atoms with van der Waals surface area (Å²) in [5, 5.41) is 8.02. The van der Waals surface area contributed by atoms with Gasteiger partial charge in [-0.15, -0.1) is 0 Å². The smallest absolute Gasteiger partial charge is 0.252 e. The van der Waals surface area contributed by atoms with Gasteiger partial charge in [0.15, 0.2) is 0 Å². The van der Waals surface area contributed by atoms with Gasteiger partial charge in [-0.2, -0.15) is 9.78 Å². The predicted molar refractivity (Wildman–Crippen MR) is 95.7 cm³/mol. The molecule has 2 aromatic rings. The fourth-order valence-corrected chi connectivity index (χ4v) is 3.56. The standard InChI is InChI=1S/C18H27N5O/c1-4-15-10-17(24)21-18(20-15)23-16(9-13(3)22-23)19-11-14-7-5-6-12(2)8-14/h9-10,12,14,19H,4-8,11H2,1-3H3,(H,20,21,24). The second-order valence-corrected chi connectivity index (χ2v) is 7.02. The van der Waals surface area contributed by atoms with Gasteiger partial charge in [0.05, 0.1) is 5.69 Å². The van der Waals surface area contributed by atoms with E-state index < -0.39 is 0 Å². The number of nitrogens with zero attached hydrogens (tertiary/aromatic N) is 3. The van der Waals surface area contributed by atoms with Crippen LogP contribution in [0.3, 0.4) is 0 Å². The van der Waals surface area contributed by atoms with E-state index in [1.54, 1.807) is 4.68 Å². The summed E-state index contributed by atoms with van der Waals surface area (Å²) in [6.45, 7) is 7.22. The number of aromatic amines is 1. The van der Waals surface area contributed by atoms with Gasteiger partial charge in [-0.25, -0.2) is 4.98 Å². The fourth-order valence-electron chi connectivity index (χ4n) is 3.56. The highest BCUT2D eigenvalue weighted by atomic mass is 16.1. The van der Waals surface area contributed by atoms with E-state index in [9.17, 15) is 4.79 Å². The Kier molecular flexibility index (Phi) is 5.02. The van der Waals surface area contributed by atoms with Gasteiger partial charge in [0.1, 0.15) is 5.82 Å². The SMILES string of the molecule is CCc1cc(=O)[nH]c(-n2nc(C)cc2NCC2CCCC(C)C2)n1. The highest BCUT2D eigenvalue weighted by molar-refractivity contribution is 5.41. The van der Waals surface area contributed by atoms with Crippen molar-refractivity contribution in [3.05, 3.63) is 33.9 Å². The molecule has 2 N–H and O–H groups in total. The van der Waals surface area contributed by atoms with E-state index in [0.29, 0.717) is 11.9 Å². The van der Waals surface area contributed by atoms with Crippen LogP contribution in [0.2, 0.25) is 0 Å². The number of H-pyrrole nitrogens is 1. The second kappa shape index (κ2) is 7.20. The molecule has 0 radical (unpaired) electrons. The maximum Gasteiger partial charge on any atom is 0.252 e. The van der Waals surface area contributed by atoms with Gasteiger partial charge in [0.25, 0.3) is 5.56 Å². The lowest BCUT2D eigenvalue weighted by molar-refractivity contribution is 0.293. The first kappa shape index (κ1) is 16.7. The Labute approximate surface area is 142 Å². The zero-order chi connectivity index (χ0) is 17.1. The molecule has 6 heteroatoms. The molecule has 0 spiro atoms. The number of aryl methyl sites for hydroxylation is 2. The first-order valence-electron chi connectivity index (χ1n) is 8.96. The van der Waals surface area contributed by atoms with E-state index in [1.807, 2.05) is 19.9 Å². The number of nitrogens with one attached hydrogen (secondary N) is 2. The van der Waals surface area contributed by atoms with Crippen LogP contribution in [0.1, 0.15) is 50.9 Å². The quantitative estimate of drug-likeness (QED) is 0.884. The average Bonchev–Trinajstić information content (AvgIpc) is 2.93. The molecule has 1 saturated carbocycles. The van der Waals surface area contributed by atoms with Crippen molar-refractivity contribution in [3.8, 4) is 5.95 Å². The highest BCUT2D eigenvalue weighted by Crippen LogP contribution is 2.28. The summed E-state index contributed by atoms with van der Waals surface area (Å²) >= 11 is 0. The number of anilines is 1. The Balaban J connectivity index is 1.80. The maximum absolute atomic E-state index is 11.8. The van der Waals surface area contributed by atoms with Gasteiger partial charge in [-0.1, -0.05) is 26.7 Å². The van der Waals surface area contributed by atoms with E-state index >= 15 is 0 Å². The molecular weight excluding hydrogens is 302 g/mol. The van der Waals surface area contributed by atoms with E-state index in [2.05, 4.69) is 27.3 Å². The number of rotatable bonds is 5. The molecular formula is C18H27N5O. The van der Waals surface area contributed by atoms with Gasteiger partial charge in [-0.3, -0.25) is 9.78 Å². The monoisotopic (exact) mass is 329 g/mol. The van der Waals surface area contributed by atoms with Crippen LogP contribution in [0.25, 0.3) is 5.95 Å². The van der Waals surface area contributed by atoms with E-state index in [4.69, 9.17) is 0 Å². The van der Waals surface area contributed by atoms with Crippen LogP contribution in [0.5, 0.6) is 0 Å². The number of aromatic nitrogens is 4. The molecule has 0 saturated heterocycles. The molecule has 0 aromatic carbocycles. The zero-order valence-electron chi connectivity index (χ0n) is 14.8. The van der Waals surface area contributed by atoms with Gasteiger partial charge in [0, 0.05) is 24.4 Å². The molecule has 2 atom stereocenters. The molecule has 1 aliphatic rings. The number of hydrogen-bond acceptors (Lipinski definition) is 4. The fraction of sp³-hybridized carbons (Fsp3) is 0.611. The average molecular weight is 329 g/mol. The minimum Gasteiger partial charge on any atom is -0.370 e. The lowest BCUT2D eigenvalue weighted by atomic mass is 9.82. The molecule has 3 rings (SSSR count). The Bertz CT molecular complexity index is 748. The van der Waals surface area contributed by atoms with Crippen LogP contribution in [-0.4, -0.2) is 26.3 Å². The Hall–Kier alpha value is -2.11. The summed E-state index contributed by atoms with van der Waals surface area (Å²) in [5.74, 6) is 2.89. The van der Waals surface area contributed by atoms with Crippen LogP contribution in [0.15, 0.2) is 16.9 Å². The summed E-state index contributed by atoms with van der Waals surface area (Å²) in [4.78, 5) is 19.1. The van der Waals surface area contributed by atoms with Crippen LogP contribution < -0.4 is 10.9 Å². The molecule has 2 aromatic heterocycles.